The number of amides is 1. The Morgan fingerprint density at radius 1 is 1.22 bits per heavy atom. The molecule has 3 nitrogen and oxygen atoms in total. The van der Waals surface area contributed by atoms with E-state index >= 15 is 0 Å². The van der Waals surface area contributed by atoms with Crippen LogP contribution in [-0.2, 0) is 10.5 Å². The maximum absolute atomic E-state index is 12.0. The zero-order valence-electron chi connectivity index (χ0n) is 13.0. The quantitative estimate of drug-likeness (QED) is 0.681. The first kappa shape index (κ1) is 17.7. The number of nitrogens with one attached hydrogen (secondary N) is 1. The number of carbonyl (C=O) groups is 1. The number of anilines is 1. The fraction of sp³-hybridized carbons (Fsp3) is 0.278. The van der Waals surface area contributed by atoms with Gasteiger partial charge in [-0.1, -0.05) is 35.9 Å². The summed E-state index contributed by atoms with van der Waals surface area (Å²) in [5, 5.41) is 3.51. The second kappa shape index (κ2) is 9.48. The minimum atomic E-state index is -0.00550. The average molecular weight is 350 g/mol. The zero-order valence-corrected chi connectivity index (χ0v) is 14.6. The van der Waals surface area contributed by atoms with Crippen molar-refractivity contribution in [3.8, 4) is 5.75 Å². The first-order valence-corrected chi connectivity index (χ1v) is 9.21. The van der Waals surface area contributed by atoms with Gasteiger partial charge in [-0.15, -0.1) is 0 Å². The van der Waals surface area contributed by atoms with Crippen LogP contribution in [-0.4, -0.2) is 18.8 Å². The summed E-state index contributed by atoms with van der Waals surface area (Å²) >= 11 is 7.77. The minimum absolute atomic E-state index is 0.00550. The predicted octanol–water partition coefficient (Wildman–Crippen LogP) is 5.00. The number of ether oxygens (including phenoxy) is 1. The summed E-state index contributed by atoms with van der Waals surface area (Å²) in [7, 11) is 0. The number of thioether (sulfide) groups is 1. The van der Waals surface area contributed by atoms with Gasteiger partial charge in [0.15, 0.2) is 0 Å². The molecule has 0 aliphatic heterocycles. The molecule has 0 fully saturated rings. The van der Waals surface area contributed by atoms with E-state index in [1.54, 1.807) is 17.8 Å². The summed E-state index contributed by atoms with van der Waals surface area (Å²) in [6.45, 7) is 0.462. The van der Waals surface area contributed by atoms with E-state index in [0.29, 0.717) is 30.2 Å². The first-order chi connectivity index (χ1) is 11.2. The highest BCUT2D eigenvalue weighted by atomic mass is 35.5. The van der Waals surface area contributed by atoms with E-state index in [0.717, 1.165) is 11.4 Å². The largest absolute Gasteiger partial charge is 0.492 e. The van der Waals surface area contributed by atoms with E-state index in [2.05, 4.69) is 17.6 Å². The summed E-state index contributed by atoms with van der Waals surface area (Å²) < 4.78 is 5.57. The maximum atomic E-state index is 12.0. The Labute approximate surface area is 146 Å². The Balaban J connectivity index is 1.73. The molecule has 23 heavy (non-hydrogen) atoms. The van der Waals surface area contributed by atoms with Crippen LogP contribution in [0.2, 0.25) is 5.02 Å². The molecule has 2 aromatic carbocycles. The number of hydrogen-bond donors (Lipinski definition) is 1. The van der Waals surface area contributed by atoms with Gasteiger partial charge in [0.25, 0.3) is 0 Å². The van der Waals surface area contributed by atoms with Gasteiger partial charge < -0.3 is 10.1 Å². The highest BCUT2D eigenvalue weighted by molar-refractivity contribution is 7.97. The van der Waals surface area contributed by atoms with Gasteiger partial charge in [-0.3, -0.25) is 4.79 Å². The third-order valence-corrected chi connectivity index (χ3v) is 4.10. The topological polar surface area (TPSA) is 38.3 Å². The third kappa shape index (κ3) is 6.16. The molecule has 1 N–H and O–H groups in total. The number of halogens is 1. The van der Waals surface area contributed by atoms with Crippen LogP contribution < -0.4 is 10.1 Å². The van der Waals surface area contributed by atoms with E-state index in [1.807, 2.05) is 36.4 Å². The predicted molar refractivity (Wildman–Crippen MR) is 98.5 cm³/mol. The summed E-state index contributed by atoms with van der Waals surface area (Å²) in [5.41, 5.74) is 2.05. The lowest BCUT2D eigenvalue weighted by Crippen LogP contribution is -2.13. The van der Waals surface area contributed by atoms with Crippen molar-refractivity contribution in [2.45, 2.75) is 18.6 Å². The van der Waals surface area contributed by atoms with Crippen molar-refractivity contribution < 1.29 is 9.53 Å². The molecule has 0 aromatic heterocycles. The fourth-order valence-corrected chi connectivity index (χ4v) is 2.81. The number of hydrogen-bond acceptors (Lipinski definition) is 3. The second-order valence-electron chi connectivity index (χ2n) is 5.06. The van der Waals surface area contributed by atoms with E-state index in [-0.39, 0.29) is 5.91 Å². The molecule has 1 amide bonds. The summed E-state index contributed by atoms with van der Waals surface area (Å²) in [6, 6.07) is 15.3. The van der Waals surface area contributed by atoms with Gasteiger partial charge in [-0.2, -0.15) is 11.8 Å². The molecule has 0 spiro atoms. The van der Waals surface area contributed by atoms with Crippen molar-refractivity contribution in [2.24, 2.45) is 0 Å². The smallest absolute Gasteiger partial charge is 0.224 e. The highest BCUT2D eigenvalue weighted by Gasteiger charge is 2.04. The lowest BCUT2D eigenvalue weighted by Gasteiger charge is -2.09. The molecule has 0 bridgehead atoms. The fourth-order valence-electron chi connectivity index (χ4n) is 2.11. The summed E-state index contributed by atoms with van der Waals surface area (Å²) in [5.74, 6) is 1.59. The molecule has 0 atom stereocenters. The molecule has 0 heterocycles. The Kier molecular flexibility index (Phi) is 7.30. The Hall–Kier alpha value is -1.65. The van der Waals surface area contributed by atoms with Crippen molar-refractivity contribution in [3.63, 3.8) is 0 Å². The Morgan fingerprint density at radius 2 is 2.04 bits per heavy atom. The van der Waals surface area contributed by atoms with Gasteiger partial charge >= 0.3 is 0 Å². The van der Waals surface area contributed by atoms with Gasteiger partial charge in [0.2, 0.25) is 5.91 Å². The van der Waals surface area contributed by atoms with Crippen molar-refractivity contribution >= 4 is 35.0 Å². The molecule has 0 aliphatic rings. The molecule has 2 aromatic rings. The molecular weight excluding hydrogens is 330 g/mol. The highest BCUT2D eigenvalue weighted by Crippen LogP contribution is 2.23. The summed E-state index contributed by atoms with van der Waals surface area (Å²) in [4.78, 5) is 12.0. The SMILES string of the molecule is CSCc1cccc(NC(=O)CCCOc2ccccc2Cl)c1. The van der Waals surface area contributed by atoms with E-state index in [4.69, 9.17) is 16.3 Å². The number of para-hydroxylation sites is 1. The average Bonchev–Trinajstić information content (AvgIpc) is 2.54. The molecule has 0 unspecified atom stereocenters. The van der Waals surface area contributed by atoms with E-state index < -0.39 is 0 Å². The first-order valence-electron chi connectivity index (χ1n) is 7.44. The molecular formula is C18H20ClNO2S. The van der Waals surface area contributed by atoms with Gasteiger partial charge in [-0.25, -0.2) is 0 Å². The molecule has 0 saturated heterocycles. The third-order valence-electron chi connectivity index (χ3n) is 3.16. The minimum Gasteiger partial charge on any atom is -0.492 e. The van der Waals surface area contributed by atoms with Crippen LogP contribution in [0.25, 0.3) is 0 Å². The number of benzene rings is 2. The normalized spacial score (nSPS) is 10.3. The monoisotopic (exact) mass is 349 g/mol. The lowest BCUT2D eigenvalue weighted by molar-refractivity contribution is -0.116. The maximum Gasteiger partial charge on any atom is 0.224 e. The standard InChI is InChI=1S/C18H20ClNO2S/c1-23-13-14-6-4-7-15(12-14)20-18(21)10-5-11-22-17-9-3-2-8-16(17)19/h2-4,6-9,12H,5,10-11,13H2,1H3,(H,20,21). The summed E-state index contributed by atoms with van der Waals surface area (Å²) in [6.07, 6.45) is 3.11. The second-order valence-corrected chi connectivity index (χ2v) is 6.34. The molecule has 5 heteroatoms. The van der Waals surface area contributed by atoms with Crippen molar-refractivity contribution in [1.82, 2.24) is 0 Å². The van der Waals surface area contributed by atoms with Crippen molar-refractivity contribution in [2.75, 3.05) is 18.2 Å². The van der Waals surface area contributed by atoms with Gasteiger partial charge in [-0.05, 0) is 42.5 Å². The van der Waals surface area contributed by atoms with Crippen LogP contribution in [0, 0.1) is 0 Å². The molecule has 122 valence electrons. The van der Waals surface area contributed by atoms with Crippen molar-refractivity contribution in [3.05, 3.63) is 59.1 Å². The van der Waals surface area contributed by atoms with Gasteiger partial charge in [0.1, 0.15) is 5.75 Å². The zero-order chi connectivity index (χ0) is 16.5. The van der Waals surface area contributed by atoms with Crippen LogP contribution in [0.15, 0.2) is 48.5 Å². The van der Waals surface area contributed by atoms with Crippen molar-refractivity contribution in [1.29, 1.82) is 0 Å². The molecule has 0 saturated carbocycles. The Morgan fingerprint density at radius 3 is 2.83 bits per heavy atom. The van der Waals surface area contributed by atoms with Crippen LogP contribution in [0.4, 0.5) is 5.69 Å². The van der Waals surface area contributed by atoms with Crippen LogP contribution in [0.1, 0.15) is 18.4 Å². The number of carbonyl (C=O) groups excluding carboxylic acids is 1. The van der Waals surface area contributed by atoms with E-state index in [9.17, 15) is 4.79 Å². The Bertz CT molecular complexity index is 648. The van der Waals surface area contributed by atoms with Gasteiger partial charge in [0.05, 0.1) is 11.6 Å². The number of rotatable bonds is 8. The van der Waals surface area contributed by atoms with Crippen LogP contribution in [0.5, 0.6) is 5.75 Å². The van der Waals surface area contributed by atoms with E-state index in [1.165, 1.54) is 5.56 Å². The van der Waals surface area contributed by atoms with Gasteiger partial charge in [0, 0.05) is 17.9 Å². The molecule has 2 rings (SSSR count). The van der Waals surface area contributed by atoms with Crippen LogP contribution >= 0.6 is 23.4 Å². The van der Waals surface area contributed by atoms with Crippen LogP contribution in [0.3, 0.4) is 0 Å². The lowest BCUT2D eigenvalue weighted by atomic mass is 10.2. The molecule has 0 radical (unpaired) electrons. The molecule has 0 aliphatic carbocycles.